The fourth-order valence-corrected chi connectivity index (χ4v) is 11.4. The number of rotatable bonds is 51. The highest BCUT2D eigenvalue weighted by Crippen LogP contribution is 2.33. The van der Waals surface area contributed by atoms with Gasteiger partial charge in [-0.2, -0.15) is 0 Å². The summed E-state index contributed by atoms with van der Waals surface area (Å²) in [5.41, 5.74) is 0. The minimum Gasteiger partial charge on any atom is -0.394 e. The SMILES string of the molecule is CCCC/C=C\CCCCCCCC(=O)NC(COC1OC(CO)C(OC2OC(CO)C(OC3OC(CO)C(O)C(O)C3O)C(O)C2O)C(O)C1O)C(O)/C=C/CC/C=C/CCCCCCCCCCCCCCCCCCCCCCCCC. The maximum atomic E-state index is 13.3. The van der Waals surface area contributed by atoms with Crippen molar-refractivity contribution in [1.82, 2.24) is 5.32 Å². The zero-order chi connectivity index (χ0) is 61.9. The van der Waals surface area contributed by atoms with E-state index in [1.54, 1.807) is 6.08 Å². The second-order valence-corrected chi connectivity index (χ2v) is 24.3. The molecule has 0 spiro atoms. The van der Waals surface area contributed by atoms with Gasteiger partial charge in [-0.05, 0) is 51.4 Å². The van der Waals surface area contributed by atoms with Gasteiger partial charge in [0, 0.05) is 6.42 Å². The van der Waals surface area contributed by atoms with Gasteiger partial charge in [-0.15, -0.1) is 0 Å². The Bertz CT molecular complexity index is 1690. The fourth-order valence-electron chi connectivity index (χ4n) is 11.4. The zero-order valence-corrected chi connectivity index (χ0v) is 52.3. The van der Waals surface area contributed by atoms with Crippen LogP contribution in [0.2, 0.25) is 0 Å². The molecule has 19 nitrogen and oxygen atoms in total. The number of amides is 1. The van der Waals surface area contributed by atoms with Crippen LogP contribution in [-0.4, -0.2) is 193 Å². The average Bonchev–Trinajstić information content (AvgIpc) is 3.70. The minimum absolute atomic E-state index is 0.225. The van der Waals surface area contributed by atoms with Crippen molar-refractivity contribution in [2.24, 2.45) is 0 Å². The first-order valence-electron chi connectivity index (χ1n) is 33.7. The Labute approximate surface area is 511 Å². The smallest absolute Gasteiger partial charge is 0.220 e. The molecule has 3 rings (SSSR count). The maximum absolute atomic E-state index is 13.3. The van der Waals surface area contributed by atoms with E-state index in [1.165, 1.54) is 154 Å². The van der Waals surface area contributed by atoms with Crippen LogP contribution >= 0.6 is 0 Å². The molecule has 85 heavy (non-hydrogen) atoms. The van der Waals surface area contributed by atoms with Crippen molar-refractivity contribution in [3.8, 4) is 0 Å². The Morgan fingerprint density at radius 3 is 1.21 bits per heavy atom. The van der Waals surface area contributed by atoms with Crippen LogP contribution in [0.3, 0.4) is 0 Å². The summed E-state index contributed by atoms with van der Waals surface area (Å²) in [6.45, 7) is 1.67. The molecular formula is C66H121NO18. The van der Waals surface area contributed by atoms with E-state index in [0.717, 1.165) is 57.8 Å². The lowest BCUT2D eigenvalue weighted by Crippen LogP contribution is -2.66. The lowest BCUT2D eigenvalue weighted by Gasteiger charge is -2.48. The van der Waals surface area contributed by atoms with E-state index in [-0.39, 0.29) is 18.9 Å². The summed E-state index contributed by atoms with van der Waals surface area (Å²) >= 11 is 0. The third-order valence-electron chi connectivity index (χ3n) is 16.9. The molecule has 3 fully saturated rings. The van der Waals surface area contributed by atoms with Gasteiger partial charge < -0.3 is 89.9 Å². The highest BCUT2D eigenvalue weighted by atomic mass is 16.8. The molecule has 0 aromatic rings. The van der Waals surface area contributed by atoms with Crippen molar-refractivity contribution >= 4 is 5.91 Å². The van der Waals surface area contributed by atoms with Gasteiger partial charge in [0.2, 0.25) is 5.91 Å². The van der Waals surface area contributed by atoms with Crippen LogP contribution in [0.15, 0.2) is 36.5 Å². The Morgan fingerprint density at radius 1 is 0.412 bits per heavy atom. The van der Waals surface area contributed by atoms with Crippen LogP contribution in [0.5, 0.6) is 0 Å². The van der Waals surface area contributed by atoms with Crippen LogP contribution in [0, 0.1) is 0 Å². The molecular weight excluding hydrogens is 1090 g/mol. The second kappa shape index (κ2) is 48.8. The molecule has 0 aromatic heterocycles. The third-order valence-corrected chi connectivity index (χ3v) is 16.9. The molecule has 0 bridgehead atoms. The van der Waals surface area contributed by atoms with Crippen LogP contribution in [-0.2, 0) is 33.2 Å². The summed E-state index contributed by atoms with van der Waals surface area (Å²) < 4.78 is 34.2. The van der Waals surface area contributed by atoms with Gasteiger partial charge in [0.05, 0.1) is 38.6 Å². The Kier molecular flexibility index (Phi) is 44.4. The molecule has 19 heteroatoms. The summed E-state index contributed by atoms with van der Waals surface area (Å²) in [4.78, 5) is 13.3. The highest BCUT2D eigenvalue weighted by Gasteiger charge is 2.53. The lowest BCUT2D eigenvalue weighted by atomic mass is 9.96. The molecule has 498 valence electrons. The number of hydrogen-bond acceptors (Lipinski definition) is 18. The predicted octanol–water partition coefficient (Wildman–Crippen LogP) is 8.05. The molecule has 0 radical (unpaired) electrons. The van der Waals surface area contributed by atoms with Crippen molar-refractivity contribution < 1.29 is 89.4 Å². The van der Waals surface area contributed by atoms with Gasteiger partial charge in [0.25, 0.3) is 0 Å². The molecule has 0 saturated carbocycles. The van der Waals surface area contributed by atoms with Gasteiger partial charge in [-0.1, -0.05) is 224 Å². The van der Waals surface area contributed by atoms with E-state index in [1.807, 2.05) is 6.08 Å². The monoisotopic (exact) mass is 1220 g/mol. The Balaban J connectivity index is 1.41. The van der Waals surface area contributed by atoms with Gasteiger partial charge in [-0.3, -0.25) is 4.79 Å². The number of unbranched alkanes of at least 4 members (excludes halogenated alkanes) is 31. The first-order chi connectivity index (χ1) is 41.3. The first-order valence-corrected chi connectivity index (χ1v) is 33.7. The summed E-state index contributed by atoms with van der Waals surface area (Å²) in [5.74, 6) is -0.296. The summed E-state index contributed by atoms with van der Waals surface area (Å²) in [5, 5.41) is 120. The number of aliphatic hydroxyl groups excluding tert-OH is 11. The quantitative estimate of drug-likeness (QED) is 0.0202. The Morgan fingerprint density at radius 2 is 0.765 bits per heavy atom. The number of ether oxygens (including phenoxy) is 6. The Hall–Kier alpha value is -1.99. The molecule has 3 heterocycles. The van der Waals surface area contributed by atoms with Crippen LogP contribution in [0.25, 0.3) is 0 Å². The number of carbonyl (C=O) groups excluding carboxylic acids is 1. The molecule has 0 aromatic carbocycles. The van der Waals surface area contributed by atoms with Crippen molar-refractivity contribution in [3.63, 3.8) is 0 Å². The molecule has 17 unspecified atom stereocenters. The second-order valence-electron chi connectivity index (χ2n) is 24.3. The molecule has 1 amide bonds. The van der Waals surface area contributed by atoms with E-state index < -0.39 is 124 Å². The average molecular weight is 1220 g/mol. The summed E-state index contributed by atoms with van der Waals surface area (Å²) in [6.07, 6.45) is 28.8. The molecule has 3 saturated heterocycles. The van der Waals surface area contributed by atoms with E-state index in [2.05, 4.69) is 43.5 Å². The van der Waals surface area contributed by atoms with E-state index in [9.17, 15) is 61.0 Å². The molecule has 0 aliphatic carbocycles. The number of carbonyl (C=O) groups is 1. The van der Waals surface area contributed by atoms with E-state index >= 15 is 0 Å². The molecule has 3 aliphatic rings. The van der Waals surface area contributed by atoms with Gasteiger partial charge in [0.1, 0.15) is 73.2 Å². The van der Waals surface area contributed by atoms with Crippen molar-refractivity contribution in [3.05, 3.63) is 36.5 Å². The molecule has 12 N–H and O–H groups in total. The summed E-state index contributed by atoms with van der Waals surface area (Å²) in [6, 6.07) is -0.993. The number of hydrogen-bond donors (Lipinski definition) is 12. The van der Waals surface area contributed by atoms with Crippen molar-refractivity contribution in [2.45, 2.75) is 349 Å². The van der Waals surface area contributed by atoms with Crippen LogP contribution in [0.4, 0.5) is 0 Å². The maximum Gasteiger partial charge on any atom is 0.220 e. The van der Waals surface area contributed by atoms with E-state index in [0.29, 0.717) is 12.8 Å². The highest BCUT2D eigenvalue weighted by molar-refractivity contribution is 5.76. The first kappa shape index (κ1) is 77.3. The van der Waals surface area contributed by atoms with Gasteiger partial charge in [-0.25, -0.2) is 0 Å². The third kappa shape index (κ3) is 31.5. The topological polar surface area (TPSA) is 307 Å². The van der Waals surface area contributed by atoms with Crippen LogP contribution in [0.1, 0.15) is 245 Å². The van der Waals surface area contributed by atoms with Gasteiger partial charge in [0.15, 0.2) is 18.9 Å². The van der Waals surface area contributed by atoms with Crippen molar-refractivity contribution in [2.75, 3.05) is 26.4 Å². The zero-order valence-electron chi connectivity index (χ0n) is 52.3. The number of allylic oxidation sites excluding steroid dienone is 5. The molecule has 17 atom stereocenters. The van der Waals surface area contributed by atoms with Crippen LogP contribution < -0.4 is 5.32 Å². The van der Waals surface area contributed by atoms with Crippen molar-refractivity contribution in [1.29, 1.82) is 0 Å². The number of aliphatic hydroxyl groups is 11. The lowest BCUT2D eigenvalue weighted by molar-refractivity contribution is -0.379. The van der Waals surface area contributed by atoms with E-state index in [4.69, 9.17) is 28.4 Å². The minimum atomic E-state index is -1.98. The predicted molar refractivity (Wildman–Crippen MR) is 328 cm³/mol. The molecule has 3 aliphatic heterocycles. The number of nitrogens with one attached hydrogen (secondary N) is 1. The fraction of sp³-hybridized carbons (Fsp3) is 0.894. The summed E-state index contributed by atoms with van der Waals surface area (Å²) in [7, 11) is 0. The standard InChI is InChI=1S/C66H121NO18/c1-3-5-7-9-11-13-15-16-17-18-19-20-21-22-23-24-25-26-27-28-29-30-31-32-34-35-37-39-41-43-50(71)49(67-54(72)44-42-40-38-36-33-14-12-10-8-6-4-2)48-80-64-60(78)57(75)62(52(46-69)82-64)85-66-61(79)58(76)63(53(47-70)83-66)84-65-59(77)56(74)55(73)51(45-68)81-65/h10,12,34-35,41,43,49-53,55-66,68-71,73-79H,3-9,11,13-33,36-40,42,44-48H2,1-2H3,(H,67,72)/b12-10-,35-34+,43-41+. The van der Waals surface area contributed by atoms with Gasteiger partial charge >= 0.3 is 0 Å². The largest absolute Gasteiger partial charge is 0.394 e. The normalized spacial score (nSPS) is 29.2.